The van der Waals surface area contributed by atoms with Gasteiger partial charge < -0.3 is 5.11 Å². The first-order valence-electron chi connectivity index (χ1n) is 5.94. The second-order valence-corrected chi connectivity index (χ2v) is 7.60. The van der Waals surface area contributed by atoms with Gasteiger partial charge in [-0.1, -0.05) is 11.6 Å². The van der Waals surface area contributed by atoms with Crippen molar-refractivity contribution in [2.45, 2.75) is 31.2 Å². The number of aliphatic carboxylic acids is 1. The van der Waals surface area contributed by atoms with Crippen molar-refractivity contribution in [1.29, 1.82) is 5.26 Å². The maximum Gasteiger partial charge on any atom is 0.318 e. The number of carboxylic acid groups (broad SMARTS) is 1. The lowest BCUT2D eigenvalue weighted by molar-refractivity contribution is -0.138. The fraction of sp³-hybridized carbons (Fsp3) is 0.385. The summed E-state index contributed by atoms with van der Waals surface area (Å²) in [6, 6.07) is 5.61. The molecule has 114 valence electrons. The Bertz CT molecular complexity index is 702. The minimum atomic E-state index is -4.17. The molecule has 21 heavy (non-hydrogen) atoms. The molecular weight excluding hydrogens is 316 g/mol. The number of carboxylic acids is 1. The minimum Gasteiger partial charge on any atom is -0.480 e. The van der Waals surface area contributed by atoms with Crippen molar-refractivity contribution >= 4 is 27.6 Å². The first-order valence-corrected chi connectivity index (χ1v) is 7.76. The van der Waals surface area contributed by atoms with Crippen LogP contribution < -0.4 is 0 Å². The van der Waals surface area contributed by atoms with Gasteiger partial charge in [0.15, 0.2) is 0 Å². The molecule has 0 heterocycles. The maximum absolute atomic E-state index is 12.7. The van der Waals surface area contributed by atoms with E-state index in [1.165, 1.54) is 12.1 Å². The SMILES string of the molecule is CC(C)(C)N(CC(=O)O)S(=O)(=O)c1cc(Cl)ccc1C#N. The Morgan fingerprint density at radius 3 is 2.43 bits per heavy atom. The van der Waals surface area contributed by atoms with Crippen LogP contribution in [0, 0.1) is 11.3 Å². The molecule has 0 saturated carbocycles. The lowest BCUT2D eigenvalue weighted by Crippen LogP contribution is -2.48. The van der Waals surface area contributed by atoms with E-state index >= 15 is 0 Å². The van der Waals surface area contributed by atoms with Crippen molar-refractivity contribution in [1.82, 2.24) is 4.31 Å². The molecule has 0 atom stereocenters. The highest BCUT2D eigenvalue weighted by molar-refractivity contribution is 7.89. The van der Waals surface area contributed by atoms with Crippen molar-refractivity contribution in [2.24, 2.45) is 0 Å². The van der Waals surface area contributed by atoms with Crippen LogP contribution in [0.4, 0.5) is 0 Å². The van der Waals surface area contributed by atoms with Crippen LogP contribution in [-0.2, 0) is 14.8 Å². The van der Waals surface area contributed by atoms with Gasteiger partial charge in [0.1, 0.15) is 17.5 Å². The molecule has 0 bridgehead atoms. The summed E-state index contributed by atoms with van der Waals surface area (Å²) in [5.74, 6) is -1.28. The highest BCUT2D eigenvalue weighted by atomic mass is 35.5. The Labute approximate surface area is 128 Å². The lowest BCUT2D eigenvalue weighted by Gasteiger charge is -2.33. The first kappa shape index (κ1) is 17.4. The Hall–Kier alpha value is -1.62. The third-order valence-corrected chi connectivity index (χ3v) is 5.04. The van der Waals surface area contributed by atoms with E-state index in [9.17, 15) is 13.2 Å². The van der Waals surface area contributed by atoms with Gasteiger partial charge in [0.2, 0.25) is 10.0 Å². The maximum atomic E-state index is 12.7. The third-order valence-electron chi connectivity index (χ3n) is 2.66. The van der Waals surface area contributed by atoms with Crippen LogP contribution >= 0.6 is 11.6 Å². The Morgan fingerprint density at radius 1 is 1.43 bits per heavy atom. The zero-order chi connectivity index (χ0) is 16.4. The molecule has 0 aromatic heterocycles. The number of nitriles is 1. The van der Waals surface area contributed by atoms with Crippen LogP contribution in [0.25, 0.3) is 0 Å². The molecule has 1 aromatic carbocycles. The molecule has 0 unspecified atom stereocenters. The van der Waals surface area contributed by atoms with E-state index in [0.717, 1.165) is 10.4 Å². The summed E-state index contributed by atoms with van der Waals surface area (Å²) in [5.41, 5.74) is -1.05. The van der Waals surface area contributed by atoms with E-state index < -0.39 is 28.1 Å². The number of halogens is 1. The summed E-state index contributed by atoms with van der Waals surface area (Å²) in [6.45, 7) is 4.02. The standard InChI is InChI=1S/C13H15ClN2O4S/c1-13(2,3)16(8-12(17)18)21(19,20)11-6-10(14)5-4-9(11)7-15/h4-6H,8H2,1-3H3,(H,17,18). The van der Waals surface area contributed by atoms with Crippen molar-refractivity contribution < 1.29 is 18.3 Å². The van der Waals surface area contributed by atoms with Crippen LogP contribution in [0.1, 0.15) is 26.3 Å². The lowest BCUT2D eigenvalue weighted by atomic mass is 10.1. The fourth-order valence-corrected chi connectivity index (χ4v) is 3.87. The van der Waals surface area contributed by atoms with Gasteiger partial charge in [0.25, 0.3) is 0 Å². The van der Waals surface area contributed by atoms with E-state index in [4.69, 9.17) is 22.0 Å². The molecule has 8 heteroatoms. The molecule has 0 saturated heterocycles. The molecule has 0 amide bonds. The van der Waals surface area contributed by atoms with Crippen LogP contribution in [0.2, 0.25) is 5.02 Å². The summed E-state index contributed by atoms with van der Waals surface area (Å²) in [7, 11) is -4.17. The van der Waals surface area contributed by atoms with E-state index in [0.29, 0.717) is 0 Å². The number of hydrogen-bond donors (Lipinski definition) is 1. The van der Waals surface area contributed by atoms with Gasteiger partial charge in [-0.25, -0.2) is 8.42 Å². The fourth-order valence-electron chi connectivity index (χ4n) is 1.73. The summed E-state index contributed by atoms with van der Waals surface area (Å²) >= 11 is 5.80. The molecule has 0 aliphatic rings. The van der Waals surface area contributed by atoms with Gasteiger partial charge in [-0.3, -0.25) is 4.79 Å². The molecule has 0 fully saturated rings. The number of rotatable bonds is 4. The van der Waals surface area contributed by atoms with Gasteiger partial charge in [-0.15, -0.1) is 0 Å². The summed E-state index contributed by atoms with van der Waals surface area (Å²) in [5, 5.41) is 18.1. The molecular formula is C13H15ClN2O4S. The first-order chi connectivity index (χ1) is 9.50. The van der Waals surface area contributed by atoms with E-state index in [1.807, 2.05) is 0 Å². The summed E-state index contributed by atoms with van der Waals surface area (Å²) in [4.78, 5) is 10.7. The average molecular weight is 331 g/mol. The van der Waals surface area contributed by atoms with Gasteiger partial charge in [0.05, 0.1) is 5.56 Å². The number of sulfonamides is 1. The Morgan fingerprint density at radius 2 is 2.00 bits per heavy atom. The molecule has 1 rings (SSSR count). The average Bonchev–Trinajstić information content (AvgIpc) is 2.34. The molecule has 6 nitrogen and oxygen atoms in total. The van der Waals surface area contributed by atoms with Gasteiger partial charge >= 0.3 is 5.97 Å². The molecule has 1 aromatic rings. The second kappa shape index (κ2) is 6.02. The number of hydrogen-bond acceptors (Lipinski definition) is 4. The van der Waals surface area contributed by atoms with Crippen molar-refractivity contribution in [3.05, 3.63) is 28.8 Å². The summed E-state index contributed by atoms with van der Waals surface area (Å²) < 4.78 is 26.2. The Balaban J connectivity index is 3.54. The predicted molar refractivity (Wildman–Crippen MR) is 77.4 cm³/mol. The topological polar surface area (TPSA) is 98.5 Å². The highest BCUT2D eigenvalue weighted by Gasteiger charge is 2.37. The molecule has 1 N–H and O–H groups in total. The van der Waals surface area contributed by atoms with Crippen LogP contribution in [0.5, 0.6) is 0 Å². The normalized spacial score (nSPS) is 12.2. The quantitative estimate of drug-likeness (QED) is 0.911. The second-order valence-electron chi connectivity index (χ2n) is 5.33. The monoisotopic (exact) mass is 330 g/mol. The van der Waals surface area contributed by atoms with Crippen molar-refractivity contribution in [3.63, 3.8) is 0 Å². The molecule has 0 radical (unpaired) electrons. The van der Waals surface area contributed by atoms with E-state index in [1.54, 1.807) is 26.8 Å². The van der Waals surface area contributed by atoms with Gasteiger partial charge in [-0.2, -0.15) is 9.57 Å². The minimum absolute atomic E-state index is 0.0842. The van der Waals surface area contributed by atoms with Crippen molar-refractivity contribution in [3.8, 4) is 6.07 Å². The van der Waals surface area contributed by atoms with Crippen LogP contribution in [0.15, 0.2) is 23.1 Å². The zero-order valence-electron chi connectivity index (χ0n) is 11.8. The van der Waals surface area contributed by atoms with E-state index in [2.05, 4.69) is 0 Å². The predicted octanol–water partition coefficient (Wildman–Crippen LogP) is 2.09. The van der Waals surface area contributed by atoms with Crippen molar-refractivity contribution in [2.75, 3.05) is 6.54 Å². The summed E-state index contributed by atoms with van der Waals surface area (Å²) in [6.07, 6.45) is 0. The number of benzene rings is 1. The number of carbonyl (C=O) groups is 1. The smallest absolute Gasteiger partial charge is 0.318 e. The largest absolute Gasteiger partial charge is 0.480 e. The van der Waals surface area contributed by atoms with Gasteiger partial charge in [0, 0.05) is 10.6 Å². The highest BCUT2D eigenvalue weighted by Crippen LogP contribution is 2.28. The van der Waals surface area contributed by atoms with E-state index in [-0.39, 0.29) is 15.5 Å². The molecule has 0 spiro atoms. The number of nitrogens with zero attached hydrogens (tertiary/aromatic N) is 2. The zero-order valence-corrected chi connectivity index (χ0v) is 13.4. The van der Waals surface area contributed by atoms with Gasteiger partial charge in [-0.05, 0) is 39.0 Å². The Kier molecular flexibility index (Phi) is 4.99. The molecule has 0 aliphatic heterocycles. The third kappa shape index (κ3) is 3.94. The van der Waals surface area contributed by atoms with Crippen LogP contribution in [-0.4, -0.2) is 35.9 Å². The van der Waals surface area contributed by atoms with Crippen LogP contribution in [0.3, 0.4) is 0 Å². The molecule has 0 aliphatic carbocycles.